The Morgan fingerprint density at radius 2 is 1.92 bits per heavy atom. The highest BCUT2D eigenvalue weighted by Crippen LogP contribution is 2.55. The molecule has 2 unspecified atom stereocenters. The van der Waals surface area contributed by atoms with Gasteiger partial charge >= 0.3 is 5.97 Å². The van der Waals surface area contributed by atoms with Gasteiger partial charge in [-0.3, -0.25) is 9.69 Å². The van der Waals surface area contributed by atoms with Crippen molar-refractivity contribution in [3.8, 4) is 28.7 Å². The standard InChI is InChI=1S/C32H32N2O4/c1-37-29-16-30(38-20-22-10-5-12-24(27(22)18-33)21-8-3-2-4-9-21)26-14-6-13-25(26)28(29)19-34-15-7-11-23-17-32(23,34)31(35)36/h2-5,8-10,12,16,23H,6-7,11,13-15,17,19-20H2,1H3,(H,35,36). The zero-order chi connectivity index (χ0) is 26.3. The predicted octanol–water partition coefficient (Wildman–Crippen LogP) is 5.74. The zero-order valence-electron chi connectivity index (χ0n) is 21.7. The predicted molar refractivity (Wildman–Crippen MR) is 144 cm³/mol. The van der Waals surface area contributed by atoms with Crippen molar-refractivity contribution in [1.82, 2.24) is 4.90 Å². The van der Waals surface area contributed by atoms with Gasteiger partial charge in [-0.15, -0.1) is 0 Å². The minimum absolute atomic E-state index is 0.261. The minimum Gasteiger partial charge on any atom is -0.496 e. The van der Waals surface area contributed by atoms with Crippen LogP contribution in [0.1, 0.15) is 53.5 Å². The number of ether oxygens (including phenoxy) is 2. The van der Waals surface area contributed by atoms with Crippen molar-refractivity contribution in [2.75, 3.05) is 13.7 Å². The number of methoxy groups -OCH3 is 1. The van der Waals surface area contributed by atoms with Crippen LogP contribution in [0.5, 0.6) is 11.5 Å². The average molecular weight is 509 g/mol. The first kappa shape index (κ1) is 24.5. The summed E-state index contributed by atoms with van der Waals surface area (Å²) in [6.07, 6.45) is 5.67. The molecule has 6 nitrogen and oxygen atoms in total. The van der Waals surface area contributed by atoms with Gasteiger partial charge in [0, 0.05) is 23.7 Å². The molecule has 0 radical (unpaired) electrons. The summed E-state index contributed by atoms with van der Waals surface area (Å²) in [5.41, 5.74) is 6.20. The summed E-state index contributed by atoms with van der Waals surface area (Å²) in [4.78, 5) is 14.4. The van der Waals surface area contributed by atoms with Gasteiger partial charge in [-0.05, 0) is 73.2 Å². The summed E-state index contributed by atoms with van der Waals surface area (Å²) in [5, 5.41) is 20.0. The van der Waals surface area contributed by atoms with Crippen LogP contribution in [0.25, 0.3) is 11.1 Å². The third-order valence-corrected chi connectivity index (χ3v) is 8.73. The molecule has 1 aliphatic heterocycles. The fourth-order valence-electron chi connectivity index (χ4n) is 6.72. The van der Waals surface area contributed by atoms with E-state index in [-0.39, 0.29) is 12.5 Å². The van der Waals surface area contributed by atoms with Gasteiger partial charge in [0.1, 0.15) is 29.7 Å². The summed E-state index contributed by atoms with van der Waals surface area (Å²) in [7, 11) is 1.67. The van der Waals surface area contributed by atoms with Gasteiger partial charge in [-0.2, -0.15) is 5.26 Å². The van der Waals surface area contributed by atoms with Crippen LogP contribution >= 0.6 is 0 Å². The second-order valence-corrected chi connectivity index (χ2v) is 10.7. The molecule has 2 aliphatic carbocycles. The topological polar surface area (TPSA) is 82.8 Å². The highest BCUT2D eigenvalue weighted by molar-refractivity contribution is 5.83. The number of hydrogen-bond acceptors (Lipinski definition) is 5. The molecule has 1 N–H and O–H groups in total. The Balaban J connectivity index is 1.30. The number of hydrogen-bond donors (Lipinski definition) is 1. The van der Waals surface area contributed by atoms with Crippen LogP contribution in [0.2, 0.25) is 0 Å². The maximum Gasteiger partial charge on any atom is 0.324 e. The summed E-state index contributed by atoms with van der Waals surface area (Å²) in [5.74, 6) is 1.12. The highest BCUT2D eigenvalue weighted by atomic mass is 16.5. The molecular formula is C32H32N2O4. The molecule has 3 aromatic rings. The van der Waals surface area contributed by atoms with Crippen molar-refractivity contribution >= 4 is 5.97 Å². The molecular weight excluding hydrogens is 476 g/mol. The Morgan fingerprint density at radius 1 is 1.11 bits per heavy atom. The normalized spacial score (nSPS) is 21.7. The molecule has 0 aromatic heterocycles. The van der Waals surface area contributed by atoms with E-state index in [1.807, 2.05) is 54.6 Å². The number of carbonyl (C=O) groups is 1. The first-order valence-corrected chi connectivity index (χ1v) is 13.5. The number of piperidine rings is 1. The number of carboxylic acid groups (broad SMARTS) is 1. The third kappa shape index (κ3) is 4.02. The Labute approximate surface area is 223 Å². The molecule has 194 valence electrons. The molecule has 1 saturated heterocycles. The van der Waals surface area contributed by atoms with Gasteiger partial charge < -0.3 is 14.6 Å². The Morgan fingerprint density at radius 3 is 2.68 bits per heavy atom. The molecule has 0 spiro atoms. The van der Waals surface area contributed by atoms with Crippen molar-refractivity contribution in [1.29, 1.82) is 5.26 Å². The van der Waals surface area contributed by atoms with E-state index in [0.29, 0.717) is 12.1 Å². The number of nitriles is 1. The first-order chi connectivity index (χ1) is 18.6. The Bertz CT molecular complexity index is 1430. The Kier molecular flexibility index (Phi) is 6.33. The molecule has 0 amide bonds. The lowest BCUT2D eigenvalue weighted by Gasteiger charge is -2.34. The molecule has 38 heavy (non-hydrogen) atoms. The molecule has 1 heterocycles. The van der Waals surface area contributed by atoms with Crippen molar-refractivity contribution in [2.24, 2.45) is 5.92 Å². The molecule has 6 heteroatoms. The SMILES string of the molecule is COc1cc(OCc2cccc(-c3ccccc3)c2C#N)c2c(c1CN1CCCC3CC31C(=O)O)CCC2. The monoisotopic (exact) mass is 508 g/mol. The van der Waals surface area contributed by atoms with Gasteiger partial charge in [0.2, 0.25) is 0 Å². The van der Waals surface area contributed by atoms with E-state index in [4.69, 9.17) is 9.47 Å². The van der Waals surface area contributed by atoms with Crippen molar-refractivity contribution < 1.29 is 19.4 Å². The van der Waals surface area contributed by atoms with Crippen molar-refractivity contribution in [3.05, 3.63) is 82.4 Å². The van der Waals surface area contributed by atoms with E-state index in [1.54, 1.807) is 7.11 Å². The second kappa shape index (κ2) is 9.81. The summed E-state index contributed by atoms with van der Waals surface area (Å²) in [6.45, 7) is 1.67. The van der Waals surface area contributed by atoms with E-state index in [9.17, 15) is 15.2 Å². The van der Waals surface area contributed by atoms with Gasteiger partial charge in [-0.1, -0.05) is 48.5 Å². The second-order valence-electron chi connectivity index (χ2n) is 10.7. The first-order valence-electron chi connectivity index (χ1n) is 13.5. The molecule has 2 atom stereocenters. The lowest BCUT2D eigenvalue weighted by atomic mass is 9.96. The summed E-state index contributed by atoms with van der Waals surface area (Å²) in [6, 6.07) is 20.2. The van der Waals surface area contributed by atoms with Crippen LogP contribution in [0.15, 0.2) is 54.6 Å². The third-order valence-electron chi connectivity index (χ3n) is 8.73. The van der Waals surface area contributed by atoms with Crippen LogP contribution in [-0.4, -0.2) is 35.2 Å². The van der Waals surface area contributed by atoms with Crippen LogP contribution in [0.4, 0.5) is 0 Å². The Hall–Kier alpha value is -3.82. The maximum atomic E-state index is 12.2. The quantitative estimate of drug-likeness (QED) is 0.418. The van der Waals surface area contributed by atoms with Crippen LogP contribution in [0, 0.1) is 17.2 Å². The molecule has 3 aliphatic rings. The van der Waals surface area contributed by atoms with E-state index < -0.39 is 11.5 Å². The number of likely N-dealkylation sites (tertiary alicyclic amines) is 1. The van der Waals surface area contributed by atoms with E-state index in [1.165, 1.54) is 11.1 Å². The van der Waals surface area contributed by atoms with Gasteiger partial charge in [0.25, 0.3) is 0 Å². The number of fused-ring (bicyclic) bond motifs is 2. The van der Waals surface area contributed by atoms with Gasteiger partial charge in [0.05, 0.1) is 12.7 Å². The lowest BCUT2D eigenvalue weighted by Crippen LogP contribution is -2.47. The van der Waals surface area contributed by atoms with E-state index in [2.05, 4.69) is 11.0 Å². The van der Waals surface area contributed by atoms with Gasteiger partial charge in [0.15, 0.2) is 0 Å². The fraction of sp³-hybridized carbons (Fsp3) is 0.375. The number of carboxylic acids is 1. The van der Waals surface area contributed by atoms with Crippen LogP contribution < -0.4 is 9.47 Å². The molecule has 6 rings (SSSR count). The van der Waals surface area contributed by atoms with E-state index in [0.717, 1.165) is 78.8 Å². The average Bonchev–Trinajstić information content (AvgIpc) is 3.53. The van der Waals surface area contributed by atoms with E-state index >= 15 is 0 Å². The number of aliphatic carboxylic acids is 1. The number of nitrogens with zero attached hydrogens (tertiary/aromatic N) is 2. The number of benzene rings is 3. The summed E-state index contributed by atoms with van der Waals surface area (Å²) >= 11 is 0. The number of rotatable bonds is 8. The van der Waals surface area contributed by atoms with Crippen LogP contribution in [0.3, 0.4) is 0 Å². The lowest BCUT2D eigenvalue weighted by molar-refractivity contribution is -0.147. The highest BCUT2D eigenvalue weighted by Gasteiger charge is 2.65. The van der Waals surface area contributed by atoms with Crippen LogP contribution in [-0.2, 0) is 30.8 Å². The zero-order valence-corrected chi connectivity index (χ0v) is 21.7. The van der Waals surface area contributed by atoms with Crippen molar-refractivity contribution in [2.45, 2.75) is 57.2 Å². The van der Waals surface area contributed by atoms with Gasteiger partial charge in [-0.25, -0.2) is 0 Å². The minimum atomic E-state index is -0.707. The molecule has 3 aromatic carbocycles. The fourth-order valence-corrected chi connectivity index (χ4v) is 6.72. The molecule has 1 saturated carbocycles. The maximum absolute atomic E-state index is 12.2. The van der Waals surface area contributed by atoms with Crippen molar-refractivity contribution in [3.63, 3.8) is 0 Å². The smallest absolute Gasteiger partial charge is 0.324 e. The molecule has 0 bridgehead atoms. The largest absolute Gasteiger partial charge is 0.496 e. The summed E-state index contributed by atoms with van der Waals surface area (Å²) < 4.78 is 12.3. The molecule has 2 fully saturated rings.